The number of nitrogens with zero attached hydrogens (tertiary/aromatic N) is 2. The predicted octanol–water partition coefficient (Wildman–Crippen LogP) is 5.62. The van der Waals surface area contributed by atoms with E-state index in [-0.39, 0.29) is 16.5 Å². The summed E-state index contributed by atoms with van der Waals surface area (Å²) in [6, 6.07) is 8.08. The van der Waals surface area contributed by atoms with E-state index in [2.05, 4.69) is 15.5 Å². The van der Waals surface area contributed by atoms with Crippen LogP contribution in [0, 0.1) is 11.7 Å². The van der Waals surface area contributed by atoms with E-state index in [1.54, 1.807) is 23.1 Å². The van der Waals surface area contributed by atoms with Crippen molar-refractivity contribution in [1.82, 2.24) is 15.1 Å². The number of halogens is 3. The zero-order valence-corrected chi connectivity index (χ0v) is 18.2. The minimum atomic E-state index is -0.565. The third kappa shape index (κ3) is 4.74. The van der Waals surface area contributed by atoms with Crippen LogP contribution in [-0.2, 0) is 0 Å². The van der Waals surface area contributed by atoms with Crippen molar-refractivity contribution in [3.63, 3.8) is 0 Å². The van der Waals surface area contributed by atoms with Crippen molar-refractivity contribution in [3.8, 4) is 0 Å². The molecule has 0 aliphatic rings. The van der Waals surface area contributed by atoms with Gasteiger partial charge in [0.15, 0.2) is 0 Å². The molecule has 0 saturated carbocycles. The molecular weight excluding hydrogens is 430 g/mol. The Hall–Kier alpha value is -2.64. The molecule has 2 N–H and O–H groups in total. The van der Waals surface area contributed by atoms with Crippen LogP contribution >= 0.6 is 23.2 Å². The summed E-state index contributed by atoms with van der Waals surface area (Å²) in [5.74, 6) is -0.400. The monoisotopic (exact) mass is 450 g/mol. The number of nitrogens with one attached hydrogen (secondary N) is 2. The second-order valence-electron chi connectivity index (χ2n) is 7.41. The number of hydrogen-bond acceptors (Lipinski definition) is 3. The van der Waals surface area contributed by atoms with Crippen LogP contribution in [0.25, 0.3) is 10.8 Å². The Bertz CT molecular complexity index is 1150. The van der Waals surface area contributed by atoms with E-state index in [9.17, 15) is 14.0 Å². The minimum absolute atomic E-state index is 0.0820. The summed E-state index contributed by atoms with van der Waals surface area (Å²) < 4.78 is 13.4. The number of aromatic amines is 1. The van der Waals surface area contributed by atoms with Crippen LogP contribution in [0.5, 0.6) is 0 Å². The number of aromatic nitrogens is 2. The molecule has 2 aromatic carbocycles. The molecular formula is C21H21Cl2FN4O2. The molecule has 9 heteroatoms. The minimum Gasteiger partial charge on any atom is -0.316 e. The number of carbonyl (C=O) groups is 1. The van der Waals surface area contributed by atoms with Gasteiger partial charge < -0.3 is 10.2 Å². The first-order valence-electron chi connectivity index (χ1n) is 9.38. The van der Waals surface area contributed by atoms with Crippen molar-refractivity contribution in [2.75, 3.05) is 11.9 Å². The van der Waals surface area contributed by atoms with Gasteiger partial charge in [-0.25, -0.2) is 14.3 Å². The average molecular weight is 451 g/mol. The molecule has 3 aromatic rings. The Morgan fingerprint density at radius 3 is 2.57 bits per heavy atom. The maximum Gasteiger partial charge on any atom is 0.322 e. The lowest BCUT2D eigenvalue weighted by molar-refractivity contribution is 0.182. The van der Waals surface area contributed by atoms with Gasteiger partial charge in [0.2, 0.25) is 0 Å². The number of fused-ring (bicyclic) bond motifs is 1. The van der Waals surface area contributed by atoms with Crippen molar-refractivity contribution >= 4 is 45.7 Å². The highest BCUT2D eigenvalue weighted by atomic mass is 35.5. The van der Waals surface area contributed by atoms with Crippen LogP contribution in [0.3, 0.4) is 0 Å². The molecule has 0 unspecified atom stereocenters. The van der Waals surface area contributed by atoms with Crippen LogP contribution in [0.4, 0.5) is 14.9 Å². The topological polar surface area (TPSA) is 78.1 Å². The fourth-order valence-corrected chi connectivity index (χ4v) is 3.56. The molecule has 1 atom stereocenters. The molecule has 0 aliphatic heterocycles. The summed E-state index contributed by atoms with van der Waals surface area (Å²) in [7, 11) is 0. The van der Waals surface area contributed by atoms with Crippen LogP contribution in [0.15, 0.2) is 41.2 Å². The zero-order chi connectivity index (χ0) is 22.0. The Morgan fingerprint density at radius 2 is 1.90 bits per heavy atom. The highest BCUT2D eigenvalue weighted by Crippen LogP contribution is 2.28. The lowest BCUT2D eigenvalue weighted by Crippen LogP contribution is -2.40. The van der Waals surface area contributed by atoms with Crippen molar-refractivity contribution < 1.29 is 9.18 Å². The Kier molecular flexibility index (Phi) is 6.63. The molecule has 0 radical (unpaired) electrons. The van der Waals surface area contributed by atoms with E-state index in [4.69, 9.17) is 23.2 Å². The fraction of sp³-hybridized carbons (Fsp3) is 0.286. The number of anilines is 1. The van der Waals surface area contributed by atoms with Gasteiger partial charge in [0, 0.05) is 22.6 Å². The molecule has 0 aliphatic carbocycles. The van der Waals surface area contributed by atoms with Crippen LogP contribution in [0.2, 0.25) is 10.0 Å². The summed E-state index contributed by atoms with van der Waals surface area (Å²) in [5, 5.41) is 10.8. The molecule has 0 spiro atoms. The van der Waals surface area contributed by atoms with Crippen molar-refractivity contribution in [2.45, 2.75) is 26.8 Å². The molecule has 6 nitrogen and oxygen atoms in total. The van der Waals surface area contributed by atoms with Crippen molar-refractivity contribution in [3.05, 3.63) is 68.3 Å². The number of rotatable bonds is 5. The quantitative estimate of drug-likeness (QED) is 0.529. The van der Waals surface area contributed by atoms with Crippen molar-refractivity contribution in [2.24, 2.45) is 5.92 Å². The molecule has 30 heavy (non-hydrogen) atoms. The molecule has 0 bridgehead atoms. The Morgan fingerprint density at radius 1 is 1.17 bits per heavy atom. The van der Waals surface area contributed by atoms with E-state index in [1.807, 2.05) is 20.8 Å². The van der Waals surface area contributed by atoms with E-state index in [0.29, 0.717) is 33.7 Å². The van der Waals surface area contributed by atoms with Gasteiger partial charge in [-0.1, -0.05) is 43.1 Å². The highest BCUT2D eigenvalue weighted by molar-refractivity contribution is 6.31. The number of urea groups is 1. The van der Waals surface area contributed by atoms with E-state index < -0.39 is 17.9 Å². The first kappa shape index (κ1) is 22.1. The number of hydrogen-bond donors (Lipinski definition) is 2. The lowest BCUT2D eigenvalue weighted by Gasteiger charge is -2.31. The summed E-state index contributed by atoms with van der Waals surface area (Å²) in [6.07, 6.45) is 0. The average Bonchev–Trinajstić information content (AvgIpc) is 2.69. The van der Waals surface area contributed by atoms with Crippen LogP contribution < -0.4 is 10.9 Å². The van der Waals surface area contributed by atoms with Gasteiger partial charge in [0.05, 0.1) is 22.1 Å². The first-order valence-corrected chi connectivity index (χ1v) is 10.1. The van der Waals surface area contributed by atoms with E-state index in [0.717, 1.165) is 0 Å². The number of benzene rings is 2. The van der Waals surface area contributed by atoms with Gasteiger partial charge >= 0.3 is 6.03 Å². The zero-order valence-electron chi connectivity index (χ0n) is 16.7. The van der Waals surface area contributed by atoms with Gasteiger partial charge in [-0.2, -0.15) is 5.10 Å². The number of carbonyl (C=O) groups excluding carboxylic acids is 1. The van der Waals surface area contributed by atoms with Gasteiger partial charge in [-0.05, 0) is 43.2 Å². The summed E-state index contributed by atoms with van der Waals surface area (Å²) in [6.45, 7) is 6.23. The van der Waals surface area contributed by atoms with Gasteiger partial charge in [-0.15, -0.1) is 0 Å². The first-order chi connectivity index (χ1) is 14.2. The Labute approximate surface area is 183 Å². The number of amides is 2. The third-order valence-corrected chi connectivity index (χ3v) is 5.16. The second-order valence-corrected chi connectivity index (χ2v) is 8.25. The number of H-pyrrole nitrogens is 1. The van der Waals surface area contributed by atoms with Gasteiger partial charge in [0.1, 0.15) is 5.82 Å². The van der Waals surface area contributed by atoms with Crippen molar-refractivity contribution in [1.29, 1.82) is 0 Å². The SMILES string of the molecule is CC(C)CN(C(=O)Nc1ccc(F)c(Cl)c1)[C@H](C)c1n[nH]c(=O)c2cc(Cl)ccc12. The summed E-state index contributed by atoms with van der Waals surface area (Å²) in [4.78, 5) is 26.9. The standard InChI is InChI=1S/C21H21Cl2FN4O2/c1-11(2)10-28(21(30)25-14-5-7-18(24)17(23)9-14)12(3)19-15-6-4-13(22)8-16(15)20(29)27-26-19/h4-9,11-12H,10H2,1-3H3,(H,25,30)(H,27,29)/t12-/m1/s1. The van der Waals surface area contributed by atoms with Crippen LogP contribution in [0.1, 0.15) is 32.5 Å². The molecule has 158 valence electrons. The largest absolute Gasteiger partial charge is 0.322 e. The summed E-state index contributed by atoms with van der Waals surface area (Å²) >= 11 is 11.9. The fourth-order valence-electron chi connectivity index (χ4n) is 3.20. The highest BCUT2D eigenvalue weighted by Gasteiger charge is 2.26. The second kappa shape index (κ2) is 9.02. The van der Waals surface area contributed by atoms with E-state index >= 15 is 0 Å². The van der Waals surface area contributed by atoms with E-state index in [1.165, 1.54) is 18.2 Å². The molecule has 2 amide bonds. The van der Waals surface area contributed by atoms with Gasteiger partial charge in [-0.3, -0.25) is 4.79 Å². The normalized spacial score (nSPS) is 12.2. The van der Waals surface area contributed by atoms with Gasteiger partial charge in [0.25, 0.3) is 5.56 Å². The Balaban J connectivity index is 1.98. The molecule has 1 heterocycles. The molecule has 0 fully saturated rings. The smallest absolute Gasteiger partial charge is 0.316 e. The van der Waals surface area contributed by atoms with Crippen LogP contribution in [-0.4, -0.2) is 27.7 Å². The molecule has 1 aromatic heterocycles. The summed E-state index contributed by atoms with van der Waals surface area (Å²) in [5.41, 5.74) is 0.553. The lowest BCUT2D eigenvalue weighted by atomic mass is 10.0. The third-order valence-electron chi connectivity index (χ3n) is 4.64. The maximum absolute atomic E-state index is 13.4. The maximum atomic E-state index is 13.4. The molecule has 3 rings (SSSR count). The molecule has 0 saturated heterocycles. The predicted molar refractivity (Wildman–Crippen MR) is 118 cm³/mol.